The second kappa shape index (κ2) is 9.31. The Hall–Kier alpha value is -2.54. The van der Waals surface area contributed by atoms with Crippen molar-refractivity contribution in [1.29, 1.82) is 0 Å². The molecule has 29 heavy (non-hydrogen) atoms. The van der Waals surface area contributed by atoms with E-state index in [0.29, 0.717) is 11.6 Å². The molecule has 0 radical (unpaired) electrons. The fourth-order valence-electron chi connectivity index (χ4n) is 3.76. The van der Waals surface area contributed by atoms with E-state index in [0.717, 1.165) is 38.3 Å². The number of carbonyl (C=O) groups is 1. The van der Waals surface area contributed by atoms with Gasteiger partial charge in [-0.3, -0.25) is 4.98 Å². The lowest BCUT2D eigenvalue weighted by molar-refractivity contribution is 0.00734. The highest BCUT2D eigenvalue weighted by atomic mass is 16.6. The largest absolute Gasteiger partial charge is 0.444 e. The molecule has 0 spiro atoms. The SMILES string of the molecule is CC(C)(C)OC(=O)N(CC1CCC1)C1CCCN(c2cnc(CN=[N+]=[N-])cn2)C1. The molecule has 2 aliphatic rings. The molecule has 9 heteroatoms. The minimum Gasteiger partial charge on any atom is -0.444 e. The highest BCUT2D eigenvalue weighted by Gasteiger charge is 2.34. The molecule has 0 N–H and O–H groups in total. The molecule has 0 bridgehead atoms. The van der Waals surface area contributed by atoms with Gasteiger partial charge in [0.05, 0.1) is 30.7 Å². The number of piperidine rings is 1. The Kier molecular flexibility index (Phi) is 6.79. The predicted molar refractivity (Wildman–Crippen MR) is 110 cm³/mol. The van der Waals surface area contributed by atoms with Gasteiger partial charge in [-0.25, -0.2) is 9.78 Å². The number of aromatic nitrogens is 2. The minimum absolute atomic E-state index is 0.101. The summed E-state index contributed by atoms with van der Waals surface area (Å²) < 4.78 is 5.72. The van der Waals surface area contributed by atoms with Crippen LogP contribution in [0, 0.1) is 5.92 Å². The highest BCUT2D eigenvalue weighted by molar-refractivity contribution is 5.68. The molecule has 158 valence electrons. The van der Waals surface area contributed by atoms with Crippen LogP contribution in [0.15, 0.2) is 17.5 Å². The van der Waals surface area contributed by atoms with Crippen molar-refractivity contribution in [3.63, 3.8) is 0 Å². The first-order valence-electron chi connectivity index (χ1n) is 10.4. The van der Waals surface area contributed by atoms with Gasteiger partial charge in [-0.1, -0.05) is 11.5 Å². The van der Waals surface area contributed by atoms with E-state index in [1.54, 1.807) is 12.4 Å². The van der Waals surface area contributed by atoms with E-state index in [1.807, 2.05) is 25.7 Å². The minimum atomic E-state index is -0.503. The van der Waals surface area contributed by atoms with Crippen LogP contribution in [0.2, 0.25) is 0 Å². The van der Waals surface area contributed by atoms with E-state index in [-0.39, 0.29) is 18.7 Å². The van der Waals surface area contributed by atoms with Gasteiger partial charge in [0.2, 0.25) is 0 Å². The van der Waals surface area contributed by atoms with Gasteiger partial charge < -0.3 is 14.5 Å². The predicted octanol–water partition coefficient (Wildman–Crippen LogP) is 4.29. The van der Waals surface area contributed by atoms with Crippen molar-refractivity contribution < 1.29 is 9.53 Å². The first-order chi connectivity index (χ1) is 13.9. The Morgan fingerprint density at radius 3 is 2.69 bits per heavy atom. The Bertz CT molecular complexity index is 736. The number of anilines is 1. The summed E-state index contributed by atoms with van der Waals surface area (Å²) in [4.78, 5) is 28.6. The Morgan fingerprint density at radius 2 is 2.10 bits per heavy atom. The maximum Gasteiger partial charge on any atom is 0.410 e. The van der Waals surface area contributed by atoms with Crippen LogP contribution in [0.4, 0.5) is 10.6 Å². The molecule has 9 nitrogen and oxygen atoms in total. The Labute approximate surface area is 172 Å². The number of amides is 1. The van der Waals surface area contributed by atoms with Crippen LogP contribution >= 0.6 is 0 Å². The fraction of sp³-hybridized carbons (Fsp3) is 0.750. The van der Waals surface area contributed by atoms with Crippen molar-refractivity contribution in [2.24, 2.45) is 11.0 Å². The first kappa shape index (κ1) is 21.2. The quantitative estimate of drug-likeness (QED) is 0.401. The van der Waals surface area contributed by atoms with Gasteiger partial charge in [0.25, 0.3) is 0 Å². The molecule has 1 aromatic rings. The lowest BCUT2D eigenvalue weighted by atomic mass is 9.84. The van der Waals surface area contributed by atoms with Crippen LogP contribution in [0.25, 0.3) is 10.4 Å². The normalized spacial score (nSPS) is 19.8. The second-order valence-electron chi connectivity index (χ2n) is 8.93. The average molecular weight is 402 g/mol. The fourth-order valence-corrected chi connectivity index (χ4v) is 3.76. The number of nitrogens with zero attached hydrogens (tertiary/aromatic N) is 7. The maximum absolute atomic E-state index is 12.9. The Morgan fingerprint density at radius 1 is 1.31 bits per heavy atom. The smallest absolute Gasteiger partial charge is 0.410 e. The van der Waals surface area contributed by atoms with Crippen molar-refractivity contribution >= 4 is 11.9 Å². The lowest BCUT2D eigenvalue weighted by Gasteiger charge is -2.42. The van der Waals surface area contributed by atoms with Crippen LogP contribution in [0.3, 0.4) is 0 Å². The summed E-state index contributed by atoms with van der Waals surface area (Å²) in [5.41, 5.74) is 8.56. The van der Waals surface area contributed by atoms with Crippen molar-refractivity contribution in [1.82, 2.24) is 14.9 Å². The summed E-state index contributed by atoms with van der Waals surface area (Å²) in [5, 5.41) is 3.52. The third-order valence-electron chi connectivity index (χ3n) is 5.46. The molecule has 2 fully saturated rings. The number of hydrogen-bond donors (Lipinski definition) is 0. The first-order valence-corrected chi connectivity index (χ1v) is 10.4. The van der Waals surface area contributed by atoms with E-state index in [9.17, 15) is 4.79 Å². The number of ether oxygens (including phenoxy) is 1. The molecule has 1 unspecified atom stereocenters. The molecule has 1 atom stereocenters. The highest BCUT2D eigenvalue weighted by Crippen LogP contribution is 2.30. The van der Waals surface area contributed by atoms with Crippen LogP contribution in [0.5, 0.6) is 0 Å². The van der Waals surface area contributed by atoms with Crippen molar-refractivity contribution in [3.05, 3.63) is 28.5 Å². The average Bonchev–Trinajstić information content (AvgIpc) is 2.64. The van der Waals surface area contributed by atoms with Gasteiger partial charge in [0.15, 0.2) is 0 Å². The summed E-state index contributed by atoms with van der Waals surface area (Å²) in [6.07, 6.45) is 8.72. The molecule has 1 aliphatic carbocycles. The molecular formula is C20H31N7O2. The molecule has 1 amide bonds. The van der Waals surface area contributed by atoms with Gasteiger partial charge in [-0.2, -0.15) is 0 Å². The molecular weight excluding hydrogens is 370 g/mol. The van der Waals surface area contributed by atoms with Gasteiger partial charge in [-0.15, -0.1) is 0 Å². The lowest BCUT2D eigenvalue weighted by Crippen LogP contribution is -2.53. The molecule has 1 aromatic heterocycles. The summed E-state index contributed by atoms with van der Waals surface area (Å²) >= 11 is 0. The standard InChI is InChI=1S/C20H31N7O2/c1-20(2,3)29-19(28)27(13-15-6-4-7-15)17-8-5-9-26(14-17)18-12-22-16(10-23-18)11-24-25-21/h10,12,15,17H,4-9,11,13-14H2,1-3H3. The summed E-state index contributed by atoms with van der Waals surface area (Å²) in [7, 11) is 0. The third kappa shape index (κ3) is 5.97. The van der Waals surface area contributed by atoms with Crippen LogP contribution in [-0.4, -0.2) is 52.2 Å². The van der Waals surface area contributed by atoms with E-state index >= 15 is 0 Å². The van der Waals surface area contributed by atoms with Crippen LogP contribution < -0.4 is 4.90 Å². The molecule has 1 saturated carbocycles. The topological polar surface area (TPSA) is 107 Å². The third-order valence-corrected chi connectivity index (χ3v) is 5.46. The van der Waals surface area contributed by atoms with E-state index in [4.69, 9.17) is 10.3 Å². The van der Waals surface area contributed by atoms with E-state index < -0.39 is 5.60 Å². The van der Waals surface area contributed by atoms with Crippen molar-refractivity contribution in [3.8, 4) is 0 Å². The molecule has 3 rings (SSSR count). The van der Waals surface area contributed by atoms with Gasteiger partial charge >= 0.3 is 6.09 Å². The monoisotopic (exact) mass is 401 g/mol. The zero-order valence-corrected chi connectivity index (χ0v) is 17.6. The second-order valence-corrected chi connectivity index (χ2v) is 8.93. The zero-order valence-electron chi connectivity index (χ0n) is 17.6. The molecule has 0 aromatic carbocycles. The maximum atomic E-state index is 12.9. The van der Waals surface area contributed by atoms with Gasteiger partial charge in [0.1, 0.15) is 11.4 Å². The van der Waals surface area contributed by atoms with Crippen molar-refractivity contribution in [2.45, 2.75) is 71.1 Å². The number of azide groups is 1. The molecule has 1 saturated heterocycles. The molecule has 2 heterocycles. The number of rotatable bonds is 6. The van der Waals surface area contributed by atoms with Crippen LogP contribution in [-0.2, 0) is 11.3 Å². The number of carbonyl (C=O) groups excluding carboxylic acids is 1. The van der Waals surface area contributed by atoms with Crippen molar-refractivity contribution in [2.75, 3.05) is 24.5 Å². The summed E-state index contributed by atoms with van der Waals surface area (Å²) in [6.45, 7) is 8.29. The number of hydrogen-bond acceptors (Lipinski definition) is 6. The van der Waals surface area contributed by atoms with E-state index in [1.165, 1.54) is 19.3 Å². The van der Waals surface area contributed by atoms with Gasteiger partial charge in [-0.05, 0) is 57.9 Å². The summed E-state index contributed by atoms with van der Waals surface area (Å²) in [6, 6.07) is 0.101. The van der Waals surface area contributed by atoms with Gasteiger partial charge in [0, 0.05) is 24.5 Å². The van der Waals surface area contributed by atoms with E-state index in [2.05, 4.69) is 24.9 Å². The summed E-state index contributed by atoms with van der Waals surface area (Å²) in [5.74, 6) is 1.37. The van der Waals surface area contributed by atoms with Crippen LogP contribution in [0.1, 0.15) is 58.6 Å². The zero-order chi connectivity index (χ0) is 20.9. The molecule has 1 aliphatic heterocycles. The Balaban J connectivity index is 1.69.